The van der Waals surface area contributed by atoms with Crippen LogP contribution < -0.4 is 10.6 Å². The predicted octanol–water partition coefficient (Wildman–Crippen LogP) is 4.53. The Balaban J connectivity index is 1.32. The fourth-order valence-electron chi connectivity index (χ4n) is 3.84. The van der Waals surface area contributed by atoms with Gasteiger partial charge >= 0.3 is 0 Å². The minimum Gasteiger partial charge on any atom is -0.352 e. The summed E-state index contributed by atoms with van der Waals surface area (Å²) in [5, 5.41) is 20.6. The number of para-hydroxylation sites is 1. The number of fused-ring (bicyclic) bond motifs is 1. The van der Waals surface area contributed by atoms with Crippen molar-refractivity contribution in [3.63, 3.8) is 0 Å². The van der Waals surface area contributed by atoms with Crippen molar-refractivity contribution >= 4 is 28.5 Å². The van der Waals surface area contributed by atoms with Crippen molar-refractivity contribution in [1.29, 1.82) is 5.26 Å². The van der Waals surface area contributed by atoms with Crippen LogP contribution in [0.5, 0.6) is 0 Å². The van der Waals surface area contributed by atoms with Crippen molar-refractivity contribution in [3.8, 4) is 11.9 Å². The van der Waals surface area contributed by atoms with Crippen molar-refractivity contribution in [2.45, 2.75) is 32.6 Å². The second kappa shape index (κ2) is 11.1. The number of carbonyl (C=O) groups is 2. The van der Waals surface area contributed by atoms with Crippen LogP contribution in [0.4, 0.5) is 5.82 Å². The van der Waals surface area contributed by atoms with Gasteiger partial charge in [-0.1, -0.05) is 42.8 Å². The summed E-state index contributed by atoms with van der Waals surface area (Å²) in [4.78, 5) is 29.3. The predicted molar refractivity (Wildman–Crippen MR) is 134 cm³/mol. The van der Waals surface area contributed by atoms with Gasteiger partial charge in [-0.3, -0.25) is 9.59 Å². The molecule has 0 atom stereocenters. The highest BCUT2D eigenvalue weighted by atomic mass is 16.2. The van der Waals surface area contributed by atoms with Crippen molar-refractivity contribution in [2.24, 2.45) is 0 Å². The van der Waals surface area contributed by atoms with Gasteiger partial charge in [0.05, 0.1) is 11.7 Å². The molecule has 0 aliphatic heterocycles. The third-order valence-corrected chi connectivity index (χ3v) is 5.68. The highest BCUT2D eigenvalue weighted by molar-refractivity contribution is 5.94. The van der Waals surface area contributed by atoms with E-state index >= 15 is 0 Å². The number of hydrogen-bond acceptors (Lipinski definition) is 5. The van der Waals surface area contributed by atoms with Gasteiger partial charge in [-0.2, -0.15) is 15.0 Å². The molecule has 2 aromatic heterocycles. The van der Waals surface area contributed by atoms with E-state index in [1.807, 2.05) is 55.5 Å². The molecule has 0 aliphatic carbocycles. The van der Waals surface area contributed by atoms with E-state index in [4.69, 9.17) is 0 Å². The number of nitrogens with one attached hydrogen (secondary N) is 2. The fraction of sp³-hybridized carbons (Fsp3) is 0.222. The van der Waals surface area contributed by atoms with Crippen molar-refractivity contribution in [1.82, 2.24) is 20.1 Å². The van der Waals surface area contributed by atoms with Gasteiger partial charge in [0.1, 0.15) is 11.6 Å². The molecule has 0 bridgehead atoms. The summed E-state index contributed by atoms with van der Waals surface area (Å²) >= 11 is 0. The van der Waals surface area contributed by atoms with Gasteiger partial charge in [0.2, 0.25) is 5.91 Å². The molecule has 0 unspecified atom stereocenters. The van der Waals surface area contributed by atoms with Crippen LogP contribution in [0.2, 0.25) is 0 Å². The first-order chi connectivity index (χ1) is 17.1. The van der Waals surface area contributed by atoms with E-state index in [1.165, 1.54) is 10.9 Å². The lowest BCUT2D eigenvalue weighted by molar-refractivity contribution is -0.116. The molecule has 176 valence electrons. The number of nitriles is 1. The third kappa shape index (κ3) is 5.71. The van der Waals surface area contributed by atoms with Crippen molar-refractivity contribution < 1.29 is 9.59 Å². The van der Waals surface area contributed by atoms with Crippen LogP contribution in [0, 0.1) is 18.3 Å². The standard InChI is InChI=1S/C27H26N6O2/c1-19-16-24(31-23-13-8-7-12-22(19)23)33-26(21(17-28)18-30-33)32-25(34)14-6-3-9-15-29-27(35)20-10-4-2-5-11-20/h2,4-5,7-8,10-13,16,18H,3,6,9,14-15H2,1H3,(H,29,35)(H,32,34). The van der Waals surface area contributed by atoms with Crippen LogP contribution in [-0.4, -0.2) is 33.1 Å². The Kier molecular flexibility index (Phi) is 7.48. The number of amides is 2. The maximum Gasteiger partial charge on any atom is 0.251 e. The molecule has 8 heteroatoms. The summed E-state index contributed by atoms with van der Waals surface area (Å²) in [7, 11) is 0. The molecule has 2 amide bonds. The van der Waals surface area contributed by atoms with E-state index in [2.05, 4.69) is 26.8 Å². The van der Waals surface area contributed by atoms with E-state index < -0.39 is 0 Å². The number of rotatable bonds is 9. The van der Waals surface area contributed by atoms with Gasteiger partial charge in [-0.05, 0) is 49.6 Å². The number of pyridine rings is 1. The van der Waals surface area contributed by atoms with Gasteiger partial charge in [0, 0.05) is 23.9 Å². The Morgan fingerprint density at radius 2 is 1.80 bits per heavy atom. The smallest absolute Gasteiger partial charge is 0.251 e. The third-order valence-electron chi connectivity index (χ3n) is 5.68. The van der Waals surface area contributed by atoms with Gasteiger partial charge in [-0.15, -0.1) is 0 Å². The molecule has 2 N–H and O–H groups in total. The molecule has 35 heavy (non-hydrogen) atoms. The first-order valence-electron chi connectivity index (χ1n) is 11.5. The molecule has 4 aromatic rings. The number of anilines is 1. The first kappa shape index (κ1) is 23.6. The Morgan fingerprint density at radius 1 is 1.03 bits per heavy atom. The molecular formula is C27H26N6O2. The number of hydrogen-bond donors (Lipinski definition) is 2. The lowest BCUT2D eigenvalue weighted by Gasteiger charge is -2.11. The zero-order valence-corrected chi connectivity index (χ0v) is 19.5. The SMILES string of the molecule is Cc1cc(-n2ncc(C#N)c2NC(=O)CCCCCNC(=O)c2ccccc2)nc2ccccc12. The summed E-state index contributed by atoms with van der Waals surface area (Å²) in [6.07, 6.45) is 3.95. The molecule has 0 radical (unpaired) electrons. The van der Waals surface area contributed by atoms with E-state index in [0.29, 0.717) is 36.6 Å². The van der Waals surface area contributed by atoms with E-state index in [1.54, 1.807) is 12.1 Å². The Hall–Kier alpha value is -4.51. The van der Waals surface area contributed by atoms with Crippen LogP contribution in [0.1, 0.15) is 47.2 Å². The summed E-state index contributed by atoms with van der Waals surface area (Å²) in [6.45, 7) is 2.54. The highest BCUT2D eigenvalue weighted by Crippen LogP contribution is 2.23. The molecule has 0 aliphatic rings. The highest BCUT2D eigenvalue weighted by Gasteiger charge is 2.17. The van der Waals surface area contributed by atoms with Gasteiger partial charge in [0.15, 0.2) is 11.6 Å². The van der Waals surface area contributed by atoms with Crippen LogP contribution in [0.3, 0.4) is 0 Å². The van der Waals surface area contributed by atoms with E-state index in [-0.39, 0.29) is 17.4 Å². The number of benzene rings is 2. The summed E-state index contributed by atoms with van der Waals surface area (Å²) < 4.78 is 1.50. The van der Waals surface area contributed by atoms with Crippen LogP contribution >= 0.6 is 0 Å². The average molecular weight is 467 g/mol. The molecule has 0 saturated carbocycles. The van der Waals surface area contributed by atoms with Crippen LogP contribution in [0.15, 0.2) is 66.9 Å². The molecular weight excluding hydrogens is 440 g/mol. The van der Waals surface area contributed by atoms with Crippen molar-refractivity contribution in [2.75, 3.05) is 11.9 Å². The minimum absolute atomic E-state index is 0.0989. The number of carbonyl (C=O) groups excluding carboxylic acids is 2. The Bertz CT molecular complexity index is 1390. The van der Waals surface area contributed by atoms with Gasteiger partial charge in [0.25, 0.3) is 5.91 Å². The van der Waals surface area contributed by atoms with Gasteiger partial charge < -0.3 is 10.6 Å². The lowest BCUT2D eigenvalue weighted by atomic mass is 10.1. The largest absolute Gasteiger partial charge is 0.352 e. The zero-order chi connectivity index (χ0) is 24.6. The summed E-state index contributed by atoms with van der Waals surface area (Å²) in [5.74, 6) is 0.550. The molecule has 2 aromatic carbocycles. The van der Waals surface area contributed by atoms with Crippen molar-refractivity contribution in [3.05, 3.63) is 83.6 Å². The maximum atomic E-state index is 12.6. The molecule has 8 nitrogen and oxygen atoms in total. The number of nitrogens with zero attached hydrogens (tertiary/aromatic N) is 4. The number of unbranched alkanes of at least 4 members (excludes halogenated alkanes) is 2. The van der Waals surface area contributed by atoms with E-state index in [9.17, 15) is 14.9 Å². The van der Waals surface area contributed by atoms with Crippen LogP contribution in [-0.2, 0) is 4.79 Å². The monoisotopic (exact) mass is 466 g/mol. The topological polar surface area (TPSA) is 113 Å². The average Bonchev–Trinajstić information content (AvgIpc) is 3.28. The lowest BCUT2D eigenvalue weighted by Crippen LogP contribution is -2.24. The Morgan fingerprint density at radius 3 is 2.60 bits per heavy atom. The molecule has 0 fully saturated rings. The quantitative estimate of drug-likeness (QED) is 0.352. The zero-order valence-electron chi connectivity index (χ0n) is 19.5. The molecule has 4 rings (SSSR count). The number of aryl methyl sites for hydroxylation is 1. The number of aromatic nitrogens is 3. The molecule has 0 spiro atoms. The Labute approximate surface area is 203 Å². The first-order valence-corrected chi connectivity index (χ1v) is 11.5. The molecule has 0 saturated heterocycles. The summed E-state index contributed by atoms with van der Waals surface area (Å²) in [6, 6.07) is 20.8. The minimum atomic E-state index is -0.200. The van der Waals surface area contributed by atoms with Crippen LogP contribution in [0.25, 0.3) is 16.7 Å². The summed E-state index contributed by atoms with van der Waals surface area (Å²) in [5.41, 5.74) is 2.74. The fourth-order valence-corrected chi connectivity index (χ4v) is 3.84. The maximum absolute atomic E-state index is 12.6. The van der Waals surface area contributed by atoms with Gasteiger partial charge in [-0.25, -0.2) is 4.98 Å². The molecule has 2 heterocycles. The van der Waals surface area contributed by atoms with E-state index in [0.717, 1.165) is 29.3 Å². The second-order valence-electron chi connectivity index (χ2n) is 8.23. The normalized spacial score (nSPS) is 10.6. The second-order valence-corrected chi connectivity index (χ2v) is 8.23.